The summed E-state index contributed by atoms with van der Waals surface area (Å²) in [6.45, 7) is 4.45. The van der Waals surface area contributed by atoms with Gasteiger partial charge in [-0.15, -0.1) is 0 Å². The van der Waals surface area contributed by atoms with E-state index in [4.69, 9.17) is 9.47 Å². The van der Waals surface area contributed by atoms with E-state index in [-0.39, 0.29) is 11.9 Å². The van der Waals surface area contributed by atoms with E-state index in [0.717, 1.165) is 24.2 Å². The van der Waals surface area contributed by atoms with Crippen LogP contribution < -0.4 is 4.90 Å². The summed E-state index contributed by atoms with van der Waals surface area (Å²) in [7, 11) is 0. The molecule has 3 amide bonds. The van der Waals surface area contributed by atoms with Gasteiger partial charge in [-0.1, -0.05) is 36.4 Å². The third kappa shape index (κ3) is 4.23. The zero-order valence-electron chi connectivity index (χ0n) is 18.2. The Bertz CT molecular complexity index is 964. The Balaban J connectivity index is 1.27. The standard InChI is InChI=1S/C25H29N3O4/c29-23(26-14-10-25(11-15-26)31-16-17-32-25)21-8-4-9-22(18-21)28-13-5-12-27(24(28)30)19-20-6-2-1-3-7-20/h1-4,6-9,18H,5,10-17,19H2. The molecule has 0 bridgehead atoms. The number of urea groups is 1. The Kier molecular flexibility index (Phi) is 5.85. The van der Waals surface area contributed by atoms with Gasteiger partial charge in [0.25, 0.3) is 5.91 Å². The molecule has 0 aliphatic carbocycles. The van der Waals surface area contributed by atoms with Crippen LogP contribution in [0.2, 0.25) is 0 Å². The molecule has 0 N–H and O–H groups in total. The van der Waals surface area contributed by atoms with E-state index in [1.165, 1.54) is 0 Å². The van der Waals surface area contributed by atoms with Crippen LogP contribution in [0.1, 0.15) is 35.2 Å². The molecule has 5 rings (SSSR count). The predicted octanol–water partition coefficient (Wildman–Crippen LogP) is 3.50. The number of hydrogen-bond donors (Lipinski definition) is 0. The minimum absolute atomic E-state index is 0.00898. The molecule has 3 aliphatic rings. The average Bonchev–Trinajstić information content (AvgIpc) is 3.29. The van der Waals surface area contributed by atoms with Crippen LogP contribution in [-0.2, 0) is 16.0 Å². The summed E-state index contributed by atoms with van der Waals surface area (Å²) in [6.07, 6.45) is 2.28. The van der Waals surface area contributed by atoms with Crippen LogP contribution in [0.4, 0.5) is 10.5 Å². The topological polar surface area (TPSA) is 62.3 Å². The normalized spacial score (nSPS) is 20.8. The van der Waals surface area contributed by atoms with Crippen molar-refractivity contribution in [1.82, 2.24) is 9.80 Å². The van der Waals surface area contributed by atoms with Crippen molar-refractivity contribution in [2.24, 2.45) is 0 Å². The number of likely N-dealkylation sites (tertiary alicyclic amines) is 1. The van der Waals surface area contributed by atoms with E-state index in [2.05, 4.69) is 0 Å². The highest BCUT2D eigenvalue weighted by Crippen LogP contribution is 2.32. The fraction of sp³-hybridized carbons (Fsp3) is 0.440. The first-order valence-electron chi connectivity index (χ1n) is 11.4. The largest absolute Gasteiger partial charge is 0.347 e. The number of hydrogen-bond acceptors (Lipinski definition) is 4. The lowest BCUT2D eigenvalue weighted by molar-refractivity contribution is -0.181. The van der Waals surface area contributed by atoms with Gasteiger partial charge in [-0.25, -0.2) is 4.79 Å². The molecule has 3 aliphatic heterocycles. The number of nitrogens with zero attached hydrogens (tertiary/aromatic N) is 3. The van der Waals surface area contributed by atoms with Crippen molar-refractivity contribution in [2.75, 3.05) is 44.3 Å². The Morgan fingerprint density at radius 1 is 0.906 bits per heavy atom. The van der Waals surface area contributed by atoms with Crippen LogP contribution in [0, 0.1) is 0 Å². The van der Waals surface area contributed by atoms with E-state index in [1.54, 1.807) is 4.90 Å². The quantitative estimate of drug-likeness (QED) is 0.738. The molecule has 3 heterocycles. The Morgan fingerprint density at radius 2 is 1.66 bits per heavy atom. The minimum Gasteiger partial charge on any atom is -0.347 e. The van der Waals surface area contributed by atoms with Gasteiger partial charge in [-0.2, -0.15) is 0 Å². The second-order valence-electron chi connectivity index (χ2n) is 8.65. The van der Waals surface area contributed by atoms with Crippen molar-refractivity contribution in [3.05, 3.63) is 65.7 Å². The Morgan fingerprint density at radius 3 is 2.41 bits per heavy atom. The van der Waals surface area contributed by atoms with Crippen LogP contribution >= 0.6 is 0 Å². The maximum absolute atomic E-state index is 13.2. The maximum atomic E-state index is 13.2. The summed E-state index contributed by atoms with van der Waals surface area (Å²) in [5.41, 5.74) is 2.50. The average molecular weight is 436 g/mol. The first-order chi connectivity index (χ1) is 15.6. The highest BCUT2D eigenvalue weighted by Gasteiger charge is 2.41. The summed E-state index contributed by atoms with van der Waals surface area (Å²) >= 11 is 0. The van der Waals surface area contributed by atoms with E-state index in [0.29, 0.717) is 57.8 Å². The lowest BCUT2D eigenvalue weighted by Gasteiger charge is -2.38. The highest BCUT2D eigenvalue weighted by atomic mass is 16.7. The second-order valence-corrected chi connectivity index (χ2v) is 8.65. The molecule has 3 saturated heterocycles. The van der Waals surface area contributed by atoms with Crippen molar-refractivity contribution in [3.8, 4) is 0 Å². The number of carbonyl (C=O) groups is 2. The number of benzene rings is 2. The van der Waals surface area contributed by atoms with Crippen LogP contribution in [0.3, 0.4) is 0 Å². The summed E-state index contributed by atoms with van der Waals surface area (Å²) in [5.74, 6) is -0.508. The second kappa shape index (κ2) is 8.92. The molecule has 3 fully saturated rings. The fourth-order valence-electron chi connectivity index (χ4n) is 4.80. The van der Waals surface area contributed by atoms with Crippen molar-refractivity contribution in [1.29, 1.82) is 0 Å². The molecule has 0 aromatic heterocycles. The van der Waals surface area contributed by atoms with Gasteiger partial charge in [0.1, 0.15) is 0 Å². The molecule has 0 saturated carbocycles. The third-order valence-corrected chi connectivity index (χ3v) is 6.56. The van der Waals surface area contributed by atoms with Crippen molar-refractivity contribution < 1.29 is 19.1 Å². The predicted molar refractivity (Wildman–Crippen MR) is 120 cm³/mol. The van der Waals surface area contributed by atoms with Crippen molar-refractivity contribution >= 4 is 17.6 Å². The molecular weight excluding hydrogens is 406 g/mol. The minimum atomic E-state index is -0.499. The van der Waals surface area contributed by atoms with Gasteiger partial charge in [0, 0.05) is 56.8 Å². The van der Waals surface area contributed by atoms with E-state index in [1.807, 2.05) is 64.4 Å². The fourth-order valence-corrected chi connectivity index (χ4v) is 4.80. The van der Waals surface area contributed by atoms with Gasteiger partial charge >= 0.3 is 6.03 Å². The molecule has 2 aromatic rings. The zero-order chi connectivity index (χ0) is 22.0. The molecule has 0 atom stereocenters. The molecular formula is C25H29N3O4. The maximum Gasteiger partial charge on any atom is 0.324 e. The Labute approximate surface area is 188 Å². The van der Waals surface area contributed by atoms with Crippen molar-refractivity contribution in [2.45, 2.75) is 31.6 Å². The summed E-state index contributed by atoms with van der Waals surface area (Å²) in [4.78, 5) is 31.9. The van der Waals surface area contributed by atoms with E-state index >= 15 is 0 Å². The number of anilines is 1. The first-order valence-corrected chi connectivity index (χ1v) is 11.4. The molecule has 0 unspecified atom stereocenters. The lowest BCUT2D eigenvalue weighted by Crippen LogP contribution is -2.49. The number of amides is 3. The lowest BCUT2D eigenvalue weighted by atomic mass is 10.0. The smallest absolute Gasteiger partial charge is 0.324 e. The monoisotopic (exact) mass is 435 g/mol. The van der Waals surface area contributed by atoms with Crippen LogP contribution in [0.5, 0.6) is 0 Å². The molecule has 7 nitrogen and oxygen atoms in total. The van der Waals surface area contributed by atoms with Gasteiger partial charge in [-0.3, -0.25) is 9.69 Å². The zero-order valence-corrected chi connectivity index (χ0v) is 18.2. The van der Waals surface area contributed by atoms with Gasteiger partial charge in [-0.05, 0) is 30.2 Å². The highest BCUT2D eigenvalue weighted by molar-refractivity contribution is 5.98. The van der Waals surface area contributed by atoms with Crippen LogP contribution in [0.15, 0.2) is 54.6 Å². The van der Waals surface area contributed by atoms with Crippen LogP contribution in [-0.4, -0.2) is 66.9 Å². The SMILES string of the molecule is O=C(c1cccc(N2CCCN(Cc3ccccc3)C2=O)c1)N1CCC2(CC1)OCCO2. The summed E-state index contributed by atoms with van der Waals surface area (Å²) in [5, 5.41) is 0. The van der Waals surface area contributed by atoms with Gasteiger partial charge in [0.05, 0.1) is 13.2 Å². The first kappa shape index (κ1) is 21.0. The Hall–Kier alpha value is -2.90. The number of carbonyl (C=O) groups excluding carboxylic acids is 2. The molecule has 168 valence electrons. The van der Waals surface area contributed by atoms with Gasteiger partial charge in [0.2, 0.25) is 0 Å². The van der Waals surface area contributed by atoms with Crippen molar-refractivity contribution in [3.63, 3.8) is 0 Å². The van der Waals surface area contributed by atoms with Gasteiger partial charge in [0.15, 0.2) is 5.79 Å². The van der Waals surface area contributed by atoms with E-state index in [9.17, 15) is 9.59 Å². The van der Waals surface area contributed by atoms with Gasteiger partial charge < -0.3 is 19.3 Å². The summed E-state index contributed by atoms with van der Waals surface area (Å²) in [6, 6.07) is 17.5. The number of rotatable bonds is 4. The third-order valence-electron chi connectivity index (χ3n) is 6.56. The molecule has 1 spiro atoms. The molecule has 2 aromatic carbocycles. The molecule has 32 heavy (non-hydrogen) atoms. The molecule has 7 heteroatoms. The number of ether oxygens (including phenoxy) is 2. The van der Waals surface area contributed by atoms with E-state index < -0.39 is 5.79 Å². The molecule has 0 radical (unpaired) electrons. The van der Waals surface area contributed by atoms with Crippen LogP contribution in [0.25, 0.3) is 0 Å². The summed E-state index contributed by atoms with van der Waals surface area (Å²) < 4.78 is 11.5. The number of piperidine rings is 1.